The third-order valence-corrected chi connectivity index (χ3v) is 4.13. The Labute approximate surface area is 129 Å². The van der Waals surface area contributed by atoms with E-state index in [0.29, 0.717) is 0 Å². The van der Waals surface area contributed by atoms with Gasteiger partial charge in [0.15, 0.2) is 0 Å². The van der Waals surface area contributed by atoms with Gasteiger partial charge in [-0.3, -0.25) is 4.68 Å². The number of rotatable bonds is 5. The first-order chi connectivity index (χ1) is 9.13. The summed E-state index contributed by atoms with van der Waals surface area (Å²) in [6.07, 6.45) is 2.88. The van der Waals surface area contributed by atoms with Crippen molar-refractivity contribution in [3.05, 3.63) is 44.6 Å². The summed E-state index contributed by atoms with van der Waals surface area (Å²) in [4.78, 5) is 0. The largest absolute Gasteiger partial charge is 0.305 e. The van der Waals surface area contributed by atoms with Crippen LogP contribution in [0.25, 0.3) is 0 Å². The quantitative estimate of drug-likeness (QED) is 0.854. The molecule has 1 aromatic carbocycles. The minimum absolute atomic E-state index is 0.0758. The van der Waals surface area contributed by atoms with Crippen molar-refractivity contribution in [3.8, 4) is 0 Å². The maximum Gasteiger partial charge on any atom is 0.0799 e. The highest BCUT2D eigenvalue weighted by Gasteiger charge is 2.20. The predicted octanol–water partition coefficient (Wildman–Crippen LogP) is 3.43. The molecule has 1 atom stereocenters. The van der Waals surface area contributed by atoms with Gasteiger partial charge in [0.1, 0.15) is 0 Å². The lowest BCUT2D eigenvalue weighted by atomic mass is 10.0. The highest BCUT2D eigenvalue weighted by Crippen LogP contribution is 2.30. The molecule has 2 aromatic rings. The Morgan fingerprint density at radius 2 is 2.16 bits per heavy atom. The lowest BCUT2D eigenvalue weighted by Gasteiger charge is -2.20. The van der Waals surface area contributed by atoms with Crippen molar-refractivity contribution in [2.24, 2.45) is 7.05 Å². The van der Waals surface area contributed by atoms with Crippen LogP contribution in [-0.4, -0.2) is 21.5 Å². The smallest absolute Gasteiger partial charge is 0.0799 e. The SMILES string of the molecule is CCCNC(c1cc(Br)ccc1Br)c1cnnn1C. The molecule has 0 saturated heterocycles. The summed E-state index contributed by atoms with van der Waals surface area (Å²) >= 11 is 7.15. The van der Waals surface area contributed by atoms with Crippen LogP contribution in [0, 0.1) is 0 Å². The van der Waals surface area contributed by atoms with Crippen LogP contribution in [0.5, 0.6) is 0 Å². The fourth-order valence-corrected chi connectivity index (χ4v) is 2.81. The van der Waals surface area contributed by atoms with E-state index < -0.39 is 0 Å². The second-order valence-corrected chi connectivity index (χ2v) is 6.11. The number of aromatic nitrogens is 3. The number of nitrogens with zero attached hydrogens (tertiary/aromatic N) is 3. The van der Waals surface area contributed by atoms with Crippen LogP contribution in [0.4, 0.5) is 0 Å². The van der Waals surface area contributed by atoms with Crippen LogP contribution in [0.1, 0.15) is 30.6 Å². The number of hydrogen-bond donors (Lipinski definition) is 1. The van der Waals surface area contributed by atoms with E-state index in [1.807, 2.05) is 19.2 Å². The number of halogens is 2. The van der Waals surface area contributed by atoms with Crippen LogP contribution in [-0.2, 0) is 7.05 Å². The molecule has 0 radical (unpaired) electrons. The molecule has 0 spiro atoms. The summed E-state index contributed by atoms with van der Waals surface area (Å²) in [5.74, 6) is 0. The van der Waals surface area contributed by atoms with Crippen LogP contribution in [0.3, 0.4) is 0 Å². The average Bonchev–Trinajstić information content (AvgIpc) is 2.80. The molecule has 0 fully saturated rings. The Morgan fingerprint density at radius 1 is 1.37 bits per heavy atom. The standard InChI is InChI=1S/C13H16Br2N4/c1-3-6-16-13(12-8-17-18-19(12)2)10-7-9(14)4-5-11(10)15/h4-5,7-8,13,16H,3,6H2,1-2H3. The second kappa shape index (κ2) is 6.63. The fraction of sp³-hybridized carbons (Fsp3) is 0.385. The molecule has 0 aliphatic heterocycles. The van der Waals surface area contributed by atoms with Crippen LogP contribution < -0.4 is 5.32 Å². The van der Waals surface area contributed by atoms with Crippen molar-refractivity contribution < 1.29 is 0 Å². The van der Waals surface area contributed by atoms with Gasteiger partial charge in [-0.1, -0.05) is 44.0 Å². The molecule has 4 nitrogen and oxygen atoms in total. The zero-order valence-electron chi connectivity index (χ0n) is 10.9. The zero-order chi connectivity index (χ0) is 13.8. The third-order valence-electron chi connectivity index (χ3n) is 2.91. The monoisotopic (exact) mass is 386 g/mol. The van der Waals surface area contributed by atoms with Gasteiger partial charge in [-0.25, -0.2) is 0 Å². The molecular weight excluding hydrogens is 372 g/mol. The Hall–Kier alpha value is -0.720. The molecule has 0 bridgehead atoms. The molecule has 0 aliphatic carbocycles. The highest BCUT2D eigenvalue weighted by atomic mass is 79.9. The Bertz CT molecular complexity index is 553. The Kier molecular flexibility index (Phi) is 5.13. The third kappa shape index (κ3) is 3.43. The fourth-order valence-electron chi connectivity index (χ4n) is 1.96. The number of aryl methyl sites for hydroxylation is 1. The van der Waals surface area contributed by atoms with E-state index in [2.05, 4.69) is 60.5 Å². The highest BCUT2D eigenvalue weighted by molar-refractivity contribution is 9.11. The molecule has 19 heavy (non-hydrogen) atoms. The maximum atomic E-state index is 4.02. The molecule has 2 rings (SSSR count). The first-order valence-corrected chi connectivity index (χ1v) is 7.75. The predicted molar refractivity (Wildman–Crippen MR) is 83.0 cm³/mol. The van der Waals surface area contributed by atoms with E-state index in [1.165, 1.54) is 5.56 Å². The molecule has 1 heterocycles. The maximum absolute atomic E-state index is 4.02. The van der Waals surface area contributed by atoms with Gasteiger partial charge in [-0.15, -0.1) is 5.10 Å². The normalized spacial score (nSPS) is 12.6. The average molecular weight is 388 g/mol. The number of benzene rings is 1. The van der Waals surface area contributed by atoms with Gasteiger partial charge in [0.05, 0.1) is 17.9 Å². The topological polar surface area (TPSA) is 42.7 Å². The number of hydrogen-bond acceptors (Lipinski definition) is 3. The summed E-state index contributed by atoms with van der Waals surface area (Å²) < 4.78 is 3.94. The van der Waals surface area contributed by atoms with E-state index in [-0.39, 0.29) is 6.04 Å². The van der Waals surface area contributed by atoms with Crippen molar-refractivity contribution in [3.63, 3.8) is 0 Å². The second-order valence-electron chi connectivity index (χ2n) is 4.34. The molecular formula is C13H16Br2N4. The van der Waals surface area contributed by atoms with Crippen LogP contribution in [0.15, 0.2) is 33.3 Å². The molecule has 6 heteroatoms. The lowest BCUT2D eigenvalue weighted by Crippen LogP contribution is -2.25. The van der Waals surface area contributed by atoms with Crippen molar-refractivity contribution in [2.75, 3.05) is 6.54 Å². The van der Waals surface area contributed by atoms with Gasteiger partial charge in [0.25, 0.3) is 0 Å². The molecule has 1 aromatic heterocycles. The summed E-state index contributed by atoms with van der Waals surface area (Å²) in [5.41, 5.74) is 2.22. The molecule has 102 valence electrons. The lowest BCUT2D eigenvalue weighted by molar-refractivity contribution is 0.549. The van der Waals surface area contributed by atoms with Crippen molar-refractivity contribution in [1.82, 2.24) is 20.3 Å². The zero-order valence-corrected chi connectivity index (χ0v) is 14.1. The minimum atomic E-state index is 0.0758. The van der Waals surface area contributed by atoms with Crippen LogP contribution in [0.2, 0.25) is 0 Å². The summed E-state index contributed by atoms with van der Waals surface area (Å²) in [6, 6.07) is 6.26. The van der Waals surface area contributed by atoms with E-state index >= 15 is 0 Å². The summed E-state index contributed by atoms with van der Waals surface area (Å²) in [5, 5.41) is 11.5. The Morgan fingerprint density at radius 3 is 2.79 bits per heavy atom. The van der Waals surface area contributed by atoms with Gasteiger partial charge in [-0.2, -0.15) is 0 Å². The molecule has 1 N–H and O–H groups in total. The van der Waals surface area contributed by atoms with Gasteiger partial charge in [0, 0.05) is 16.0 Å². The van der Waals surface area contributed by atoms with E-state index in [4.69, 9.17) is 0 Å². The molecule has 0 amide bonds. The molecule has 0 aliphatic rings. The Balaban J connectivity index is 2.42. The van der Waals surface area contributed by atoms with E-state index in [0.717, 1.165) is 27.6 Å². The first-order valence-electron chi connectivity index (χ1n) is 6.16. The van der Waals surface area contributed by atoms with E-state index in [1.54, 1.807) is 10.9 Å². The van der Waals surface area contributed by atoms with Gasteiger partial charge < -0.3 is 5.32 Å². The van der Waals surface area contributed by atoms with Crippen molar-refractivity contribution >= 4 is 31.9 Å². The van der Waals surface area contributed by atoms with Gasteiger partial charge >= 0.3 is 0 Å². The van der Waals surface area contributed by atoms with Gasteiger partial charge in [0.2, 0.25) is 0 Å². The van der Waals surface area contributed by atoms with Crippen molar-refractivity contribution in [1.29, 1.82) is 0 Å². The number of nitrogens with one attached hydrogen (secondary N) is 1. The molecule has 1 unspecified atom stereocenters. The minimum Gasteiger partial charge on any atom is -0.305 e. The van der Waals surface area contributed by atoms with E-state index in [9.17, 15) is 0 Å². The molecule has 0 saturated carbocycles. The first kappa shape index (κ1) is 14.7. The summed E-state index contributed by atoms with van der Waals surface area (Å²) in [6.45, 7) is 3.09. The van der Waals surface area contributed by atoms with Gasteiger partial charge in [-0.05, 0) is 36.7 Å². The summed E-state index contributed by atoms with van der Waals surface area (Å²) in [7, 11) is 1.91. The van der Waals surface area contributed by atoms with Crippen LogP contribution >= 0.6 is 31.9 Å². The van der Waals surface area contributed by atoms with Crippen molar-refractivity contribution in [2.45, 2.75) is 19.4 Å².